The van der Waals surface area contributed by atoms with E-state index >= 15 is 0 Å². The summed E-state index contributed by atoms with van der Waals surface area (Å²) in [6, 6.07) is 0. The number of hydrogen-bond acceptors (Lipinski definition) is 5. The summed E-state index contributed by atoms with van der Waals surface area (Å²) in [5, 5.41) is 10.8. The van der Waals surface area contributed by atoms with Gasteiger partial charge in [-0.05, 0) is 13.3 Å². The fraction of sp³-hybridized carbons (Fsp3) is 0.462. The third-order valence-corrected chi connectivity index (χ3v) is 2.81. The minimum atomic E-state index is -0.364. The molecule has 0 aromatic carbocycles. The van der Waals surface area contributed by atoms with Crippen molar-refractivity contribution in [1.82, 2.24) is 15.2 Å². The Kier molecular flexibility index (Phi) is 4.33. The molecule has 0 unspecified atom stereocenters. The highest BCUT2D eigenvalue weighted by atomic mass is 16.5. The molecule has 6 nitrogen and oxygen atoms in total. The van der Waals surface area contributed by atoms with Crippen molar-refractivity contribution in [3.8, 4) is 0 Å². The Bertz CT molecular complexity index is 565. The second-order valence-electron chi connectivity index (χ2n) is 4.18. The first-order valence-electron chi connectivity index (χ1n) is 6.51. The van der Waals surface area contributed by atoms with E-state index in [0.717, 1.165) is 30.5 Å². The number of aromatic nitrogens is 3. The number of carbonyl (C=O) groups is 1. The number of nitrogens with zero attached hydrogens (tertiary/aromatic N) is 2. The van der Waals surface area contributed by atoms with Crippen LogP contribution >= 0.6 is 0 Å². The molecule has 0 aliphatic heterocycles. The number of anilines is 1. The lowest BCUT2D eigenvalue weighted by atomic mass is 10.1. The van der Waals surface area contributed by atoms with Crippen LogP contribution in [0, 0.1) is 0 Å². The number of carbonyl (C=O) groups excluding carboxylic acids is 1. The predicted molar refractivity (Wildman–Crippen MR) is 73.2 cm³/mol. The van der Waals surface area contributed by atoms with Crippen molar-refractivity contribution in [1.29, 1.82) is 0 Å². The number of ether oxygens (including phenoxy) is 1. The summed E-state index contributed by atoms with van der Waals surface area (Å²) >= 11 is 0. The van der Waals surface area contributed by atoms with Crippen molar-refractivity contribution < 1.29 is 9.53 Å². The molecule has 0 spiro atoms. The number of pyridine rings is 1. The van der Waals surface area contributed by atoms with E-state index in [1.165, 1.54) is 6.20 Å². The normalized spacial score (nSPS) is 10.6. The lowest BCUT2D eigenvalue weighted by Crippen LogP contribution is -2.11. The van der Waals surface area contributed by atoms with Gasteiger partial charge in [-0.1, -0.05) is 13.3 Å². The number of unbranched alkanes of at least 4 members (excludes halogenated alkanes) is 1. The highest BCUT2D eigenvalue weighted by Gasteiger charge is 2.17. The van der Waals surface area contributed by atoms with Crippen LogP contribution in [0.4, 0.5) is 5.69 Å². The van der Waals surface area contributed by atoms with Gasteiger partial charge in [0.05, 0.1) is 23.9 Å². The number of esters is 1. The molecule has 6 heteroatoms. The maximum Gasteiger partial charge on any atom is 0.341 e. The monoisotopic (exact) mass is 262 g/mol. The van der Waals surface area contributed by atoms with Crippen LogP contribution < -0.4 is 5.32 Å². The standard InChI is InChI=1S/C13H18N4O2/c1-3-5-6-14-11-9-8-16-17-12(9)15-7-10(11)13(18)19-4-2/h7-8H,3-6H2,1-2H3,(H2,14,15,16,17). The lowest BCUT2D eigenvalue weighted by molar-refractivity contribution is 0.0527. The first-order valence-corrected chi connectivity index (χ1v) is 6.51. The Morgan fingerprint density at radius 2 is 2.26 bits per heavy atom. The molecule has 2 aromatic rings. The number of hydrogen-bond donors (Lipinski definition) is 2. The molecule has 0 saturated heterocycles. The number of rotatable bonds is 6. The summed E-state index contributed by atoms with van der Waals surface area (Å²) in [5.41, 5.74) is 1.85. The molecule has 0 aliphatic rings. The molecule has 0 saturated carbocycles. The van der Waals surface area contributed by atoms with Gasteiger partial charge in [-0.3, -0.25) is 5.10 Å². The number of H-pyrrole nitrogens is 1. The zero-order valence-electron chi connectivity index (χ0n) is 11.2. The van der Waals surface area contributed by atoms with Gasteiger partial charge in [-0.25, -0.2) is 9.78 Å². The minimum Gasteiger partial charge on any atom is -0.462 e. The molecule has 0 amide bonds. The average Bonchev–Trinajstić information content (AvgIpc) is 2.88. The molecule has 19 heavy (non-hydrogen) atoms. The predicted octanol–water partition coefficient (Wildman–Crippen LogP) is 2.35. The van der Waals surface area contributed by atoms with E-state index in [4.69, 9.17) is 4.74 Å². The topological polar surface area (TPSA) is 79.9 Å². The Hall–Kier alpha value is -2.11. The molecular formula is C13H18N4O2. The van der Waals surface area contributed by atoms with Gasteiger partial charge in [0.2, 0.25) is 0 Å². The minimum absolute atomic E-state index is 0.344. The summed E-state index contributed by atoms with van der Waals surface area (Å²) in [5.74, 6) is -0.364. The van der Waals surface area contributed by atoms with Crippen molar-refractivity contribution in [3.05, 3.63) is 18.0 Å². The lowest BCUT2D eigenvalue weighted by Gasteiger charge is -2.11. The Labute approximate surface area is 111 Å². The molecule has 2 aromatic heterocycles. The summed E-state index contributed by atoms with van der Waals surface area (Å²) < 4.78 is 5.05. The average molecular weight is 262 g/mol. The zero-order chi connectivity index (χ0) is 13.7. The van der Waals surface area contributed by atoms with E-state index in [1.807, 2.05) is 0 Å². The molecule has 2 N–H and O–H groups in total. The van der Waals surface area contributed by atoms with Gasteiger partial charge in [0, 0.05) is 12.7 Å². The summed E-state index contributed by atoms with van der Waals surface area (Å²) in [4.78, 5) is 16.1. The molecule has 2 heterocycles. The van der Waals surface area contributed by atoms with Crippen molar-refractivity contribution >= 4 is 22.7 Å². The maximum atomic E-state index is 11.9. The van der Waals surface area contributed by atoms with Gasteiger partial charge in [0.1, 0.15) is 5.56 Å². The Morgan fingerprint density at radius 3 is 3.00 bits per heavy atom. The molecular weight excluding hydrogens is 244 g/mol. The number of aromatic amines is 1. The van der Waals surface area contributed by atoms with E-state index in [0.29, 0.717) is 17.8 Å². The van der Waals surface area contributed by atoms with E-state index in [2.05, 4.69) is 27.4 Å². The maximum absolute atomic E-state index is 11.9. The molecule has 0 aliphatic carbocycles. The van der Waals surface area contributed by atoms with E-state index in [-0.39, 0.29) is 5.97 Å². The van der Waals surface area contributed by atoms with Crippen molar-refractivity contribution in [2.75, 3.05) is 18.5 Å². The quantitative estimate of drug-likeness (QED) is 0.617. The van der Waals surface area contributed by atoms with E-state index in [9.17, 15) is 4.79 Å². The van der Waals surface area contributed by atoms with Gasteiger partial charge in [-0.15, -0.1) is 0 Å². The number of nitrogens with one attached hydrogen (secondary N) is 2. The highest BCUT2D eigenvalue weighted by molar-refractivity contribution is 6.03. The van der Waals surface area contributed by atoms with Crippen LogP contribution in [-0.2, 0) is 4.74 Å². The van der Waals surface area contributed by atoms with Crippen LogP contribution in [-0.4, -0.2) is 34.3 Å². The van der Waals surface area contributed by atoms with Crippen molar-refractivity contribution in [2.24, 2.45) is 0 Å². The Morgan fingerprint density at radius 1 is 1.42 bits per heavy atom. The number of fused-ring (bicyclic) bond motifs is 1. The second-order valence-corrected chi connectivity index (χ2v) is 4.18. The largest absolute Gasteiger partial charge is 0.462 e. The smallest absolute Gasteiger partial charge is 0.341 e. The SMILES string of the molecule is CCCCNc1c(C(=O)OCC)cnc2[nH]ncc12. The molecule has 0 fully saturated rings. The first-order chi connectivity index (χ1) is 9.27. The van der Waals surface area contributed by atoms with Gasteiger partial charge in [-0.2, -0.15) is 5.10 Å². The third-order valence-electron chi connectivity index (χ3n) is 2.81. The van der Waals surface area contributed by atoms with Gasteiger partial charge >= 0.3 is 5.97 Å². The third kappa shape index (κ3) is 2.83. The second kappa shape index (κ2) is 6.17. The van der Waals surface area contributed by atoms with Gasteiger partial charge in [0.25, 0.3) is 0 Å². The summed E-state index contributed by atoms with van der Waals surface area (Å²) in [6.45, 7) is 5.05. The summed E-state index contributed by atoms with van der Waals surface area (Å²) in [6.07, 6.45) is 5.30. The Balaban J connectivity index is 2.37. The molecule has 0 radical (unpaired) electrons. The van der Waals surface area contributed by atoms with Crippen LogP contribution in [0.2, 0.25) is 0 Å². The van der Waals surface area contributed by atoms with Crippen LogP contribution in [0.25, 0.3) is 11.0 Å². The van der Waals surface area contributed by atoms with Crippen molar-refractivity contribution in [2.45, 2.75) is 26.7 Å². The van der Waals surface area contributed by atoms with Gasteiger partial charge < -0.3 is 10.1 Å². The zero-order valence-corrected chi connectivity index (χ0v) is 11.2. The van der Waals surface area contributed by atoms with Gasteiger partial charge in [0.15, 0.2) is 5.65 Å². The molecule has 102 valence electrons. The van der Waals surface area contributed by atoms with Crippen LogP contribution in [0.1, 0.15) is 37.0 Å². The van der Waals surface area contributed by atoms with Crippen LogP contribution in [0.15, 0.2) is 12.4 Å². The highest BCUT2D eigenvalue weighted by Crippen LogP contribution is 2.25. The molecule has 2 rings (SSSR count). The van der Waals surface area contributed by atoms with E-state index in [1.54, 1.807) is 13.1 Å². The van der Waals surface area contributed by atoms with Crippen LogP contribution in [0.5, 0.6) is 0 Å². The van der Waals surface area contributed by atoms with Crippen molar-refractivity contribution in [3.63, 3.8) is 0 Å². The van der Waals surface area contributed by atoms with Crippen LogP contribution in [0.3, 0.4) is 0 Å². The molecule has 0 atom stereocenters. The first kappa shape index (κ1) is 13.3. The fourth-order valence-electron chi connectivity index (χ4n) is 1.84. The summed E-state index contributed by atoms with van der Waals surface area (Å²) in [7, 11) is 0. The molecule has 0 bridgehead atoms. The fourth-order valence-corrected chi connectivity index (χ4v) is 1.84. The van der Waals surface area contributed by atoms with E-state index < -0.39 is 0 Å².